The molecule has 3 nitrogen and oxygen atoms in total. The first-order valence-electron chi connectivity index (χ1n) is 4.93. The van der Waals surface area contributed by atoms with Crippen molar-refractivity contribution in [2.24, 2.45) is 0 Å². The molecular weight excluding hydrogens is 204 g/mol. The summed E-state index contributed by atoms with van der Waals surface area (Å²) in [4.78, 5) is 22.6. The third kappa shape index (κ3) is 2.79. The Balaban J connectivity index is 3.24. The zero-order valence-electron chi connectivity index (χ0n) is 9.61. The number of carbonyl (C=O) groups is 2. The summed E-state index contributed by atoms with van der Waals surface area (Å²) in [5, 5.41) is 0. The normalized spacial score (nSPS) is 11.1. The highest BCUT2D eigenvalue weighted by Gasteiger charge is 2.11. The van der Waals surface area contributed by atoms with E-state index in [9.17, 15) is 9.59 Å². The highest BCUT2D eigenvalue weighted by atomic mass is 16.5. The highest BCUT2D eigenvalue weighted by molar-refractivity contribution is 6.23. The van der Waals surface area contributed by atoms with E-state index in [-0.39, 0.29) is 5.78 Å². The maximum atomic E-state index is 11.5. The number of esters is 1. The van der Waals surface area contributed by atoms with Crippen LogP contribution in [0.25, 0.3) is 5.57 Å². The molecule has 0 aliphatic carbocycles. The number of hydrogen-bond acceptors (Lipinski definition) is 3. The first-order valence-corrected chi connectivity index (χ1v) is 4.93. The number of ether oxygens (including phenoxy) is 1. The molecule has 0 heterocycles. The van der Waals surface area contributed by atoms with Crippen molar-refractivity contribution in [3.63, 3.8) is 0 Å². The molecular formula is C13H14O3. The number of hydrogen-bond donors (Lipinski definition) is 0. The quantitative estimate of drug-likeness (QED) is 0.576. The van der Waals surface area contributed by atoms with E-state index in [2.05, 4.69) is 4.74 Å². The standard InChI is InChI=1S/C13H14O3/c1-9-6-4-5-7-11(9)12(10(2)14)8-13(15)16-3/h4-8H,1-3H3. The second-order valence-electron chi connectivity index (χ2n) is 3.45. The summed E-state index contributed by atoms with van der Waals surface area (Å²) < 4.78 is 4.52. The zero-order valence-corrected chi connectivity index (χ0v) is 9.61. The van der Waals surface area contributed by atoms with Crippen LogP contribution in [0.1, 0.15) is 18.1 Å². The lowest BCUT2D eigenvalue weighted by Gasteiger charge is -2.06. The molecule has 0 fully saturated rings. The van der Waals surface area contributed by atoms with Crippen molar-refractivity contribution in [2.75, 3.05) is 7.11 Å². The third-order valence-corrected chi connectivity index (χ3v) is 2.28. The molecule has 16 heavy (non-hydrogen) atoms. The predicted octanol–water partition coefficient (Wildman–Crippen LogP) is 2.14. The average Bonchev–Trinajstić information content (AvgIpc) is 2.26. The maximum absolute atomic E-state index is 11.5. The van der Waals surface area contributed by atoms with E-state index in [1.54, 1.807) is 0 Å². The molecule has 1 rings (SSSR count). The Morgan fingerprint density at radius 1 is 1.25 bits per heavy atom. The number of rotatable bonds is 3. The van der Waals surface area contributed by atoms with Gasteiger partial charge >= 0.3 is 5.97 Å². The zero-order chi connectivity index (χ0) is 12.1. The molecule has 0 radical (unpaired) electrons. The molecule has 3 heteroatoms. The first kappa shape index (κ1) is 12.2. The van der Waals surface area contributed by atoms with E-state index in [1.807, 2.05) is 31.2 Å². The summed E-state index contributed by atoms with van der Waals surface area (Å²) >= 11 is 0. The molecule has 0 saturated carbocycles. The van der Waals surface area contributed by atoms with Gasteiger partial charge in [-0.05, 0) is 25.0 Å². The van der Waals surface area contributed by atoms with Crippen molar-refractivity contribution >= 4 is 17.3 Å². The van der Waals surface area contributed by atoms with E-state index in [1.165, 1.54) is 20.1 Å². The third-order valence-electron chi connectivity index (χ3n) is 2.28. The second kappa shape index (κ2) is 5.26. The molecule has 84 valence electrons. The van der Waals surface area contributed by atoms with Gasteiger partial charge in [-0.15, -0.1) is 0 Å². The summed E-state index contributed by atoms with van der Waals surface area (Å²) in [5.74, 6) is -0.673. The van der Waals surface area contributed by atoms with Gasteiger partial charge in [-0.2, -0.15) is 0 Å². The molecule has 0 saturated heterocycles. The Bertz CT molecular complexity index is 444. The summed E-state index contributed by atoms with van der Waals surface area (Å²) in [6.07, 6.45) is 1.23. The van der Waals surface area contributed by atoms with Gasteiger partial charge in [0.1, 0.15) is 0 Å². The van der Waals surface area contributed by atoms with Crippen LogP contribution in [0.3, 0.4) is 0 Å². The SMILES string of the molecule is COC(=O)C=C(C(C)=O)c1ccccc1C. The summed E-state index contributed by atoms with van der Waals surface area (Å²) in [7, 11) is 1.29. The van der Waals surface area contributed by atoms with Gasteiger partial charge in [0, 0.05) is 11.6 Å². The Hall–Kier alpha value is -1.90. The van der Waals surface area contributed by atoms with E-state index in [0.29, 0.717) is 5.57 Å². The van der Waals surface area contributed by atoms with E-state index < -0.39 is 5.97 Å². The van der Waals surface area contributed by atoms with Gasteiger partial charge < -0.3 is 4.74 Å². The molecule has 1 aromatic carbocycles. The number of allylic oxidation sites excluding steroid dienone is 1. The van der Waals surface area contributed by atoms with Crippen LogP contribution >= 0.6 is 0 Å². The molecule has 0 unspecified atom stereocenters. The van der Waals surface area contributed by atoms with Gasteiger partial charge in [-0.1, -0.05) is 24.3 Å². The minimum absolute atomic E-state index is 0.153. The van der Waals surface area contributed by atoms with E-state index in [0.717, 1.165) is 11.1 Å². The maximum Gasteiger partial charge on any atom is 0.331 e. The number of carbonyl (C=O) groups excluding carboxylic acids is 2. The molecule has 0 aliphatic heterocycles. The number of Topliss-reactive ketones (excluding diaryl/α,β-unsaturated/α-hetero) is 1. The van der Waals surface area contributed by atoms with Crippen molar-refractivity contribution in [1.29, 1.82) is 0 Å². The largest absolute Gasteiger partial charge is 0.466 e. The predicted molar refractivity (Wildman–Crippen MR) is 61.9 cm³/mol. The minimum Gasteiger partial charge on any atom is -0.466 e. The molecule has 0 aliphatic rings. The van der Waals surface area contributed by atoms with Crippen LogP contribution in [-0.4, -0.2) is 18.9 Å². The molecule has 0 amide bonds. The average molecular weight is 218 g/mol. The molecule has 0 spiro atoms. The van der Waals surface area contributed by atoms with Gasteiger partial charge in [-0.25, -0.2) is 4.79 Å². The topological polar surface area (TPSA) is 43.4 Å². The summed E-state index contributed by atoms with van der Waals surface area (Å²) in [6, 6.07) is 7.42. The van der Waals surface area contributed by atoms with Crippen molar-refractivity contribution < 1.29 is 14.3 Å². The monoisotopic (exact) mass is 218 g/mol. The lowest BCUT2D eigenvalue weighted by atomic mass is 9.98. The molecule has 0 N–H and O–H groups in total. The number of ketones is 1. The summed E-state index contributed by atoms with van der Waals surface area (Å²) in [6.45, 7) is 3.32. The van der Waals surface area contributed by atoms with Crippen LogP contribution in [0, 0.1) is 6.92 Å². The number of aryl methyl sites for hydroxylation is 1. The van der Waals surface area contributed by atoms with Gasteiger partial charge in [0.2, 0.25) is 0 Å². The highest BCUT2D eigenvalue weighted by Crippen LogP contribution is 2.19. The molecule has 0 bridgehead atoms. The second-order valence-corrected chi connectivity index (χ2v) is 3.45. The lowest BCUT2D eigenvalue weighted by Crippen LogP contribution is -2.03. The first-order chi connectivity index (χ1) is 7.56. The Morgan fingerprint density at radius 2 is 1.88 bits per heavy atom. The smallest absolute Gasteiger partial charge is 0.331 e. The van der Waals surface area contributed by atoms with Gasteiger partial charge in [0.25, 0.3) is 0 Å². The van der Waals surface area contributed by atoms with Gasteiger partial charge in [0.05, 0.1) is 7.11 Å². The van der Waals surface area contributed by atoms with Gasteiger partial charge in [0.15, 0.2) is 5.78 Å². The fourth-order valence-corrected chi connectivity index (χ4v) is 1.42. The van der Waals surface area contributed by atoms with Crippen molar-refractivity contribution in [3.8, 4) is 0 Å². The van der Waals surface area contributed by atoms with Crippen LogP contribution in [0.2, 0.25) is 0 Å². The molecule has 0 atom stereocenters. The fraction of sp³-hybridized carbons (Fsp3) is 0.231. The minimum atomic E-state index is -0.520. The van der Waals surface area contributed by atoms with Crippen LogP contribution in [-0.2, 0) is 14.3 Å². The Labute approximate surface area is 94.7 Å². The van der Waals surface area contributed by atoms with E-state index in [4.69, 9.17) is 0 Å². The van der Waals surface area contributed by atoms with E-state index >= 15 is 0 Å². The van der Waals surface area contributed by atoms with Crippen molar-refractivity contribution in [3.05, 3.63) is 41.5 Å². The van der Waals surface area contributed by atoms with Crippen molar-refractivity contribution in [2.45, 2.75) is 13.8 Å². The molecule has 1 aromatic rings. The Morgan fingerprint density at radius 3 is 2.38 bits per heavy atom. The fourth-order valence-electron chi connectivity index (χ4n) is 1.42. The van der Waals surface area contributed by atoms with Crippen LogP contribution < -0.4 is 0 Å². The number of methoxy groups -OCH3 is 1. The van der Waals surface area contributed by atoms with Gasteiger partial charge in [-0.3, -0.25) is 4.79 Å². The number of benzene rings is 1. The summed E-state index contributed by atoms with van der Waals surface area (Å²) in [5.41, 5.74) is 2.10. The molecule has 0 aromatic heterocycles. The van der Waals surface area contributed by atoms with Crippen LogP contribution in [0.5, 0.6) is 0 Å². The van der Waals surface area contributed by atoms with Crippen LogP contribution in [0.15, 0.2) is 30.3 Å². The Kier molecular flexibility index (Phi) is 4.00. The lowest BCUT2D eigenvalue weighted by molar-refractivity contribution is -0.135. The van der Waals surface area contributed by atoms with Crippen LogP contribution in [0.4, 0.5) is 0 Å². The van der Waals surface area contributed by atoms with Crippen molar-refractivity contribution in [1.82, 2.24) is 0 Å².